The number of anilines is 3. The molecular weight excluding hydrogens is 622 g/mol. The Bertz CT molecular complexity index is 2430. The lowest BCUT2D eigenvalue weighted by atomic mass is 10.0. The van der Waals surface area contributed by atoms with E-state index < -0.39 is 7.14 Å². The molecule has 0 aliphatic carbocycles. The fraction of sp³-hybridized carbons (Fsp3) is 0. The molecule has 1 heterocycles. The molecule has 9 rings (SSSR count). The van der Waals surface area contributed by atoms with Crippen LogP contribution < -0.4 is 20.8 Å². The van der Waals surface area contributed by atoms with Gasteiger partial charge in [-0.25, -0.2) is 0 Å². The number of benzene rings is 8. The largest absolute Gasteiger partial charge is 0.309 e. The van der Waals surface area contributed by atoms with Crippen LogP contribution in [-0.2, 0) is 4.57 Å². The second kappa shape index (κ2) is 11.7. The lowest BCUT2D eigenvalue weighted by molar-refractivity contribution is 0.592. The summed E-state index contributed by atoms with van der Waals surface area (Å²) in [5.74, 6) is 0. The predicted octanol–water partition coefficient (Wildman–Crippen LogP) is 11.2. The van der Waals surface area contributed by atoms with Gasteiger partial charge in [0.25, 0.3) is 0 Å². The normalized spacial score (nSPS) is 12.5. The molecular formula is C44H30NOPS. The van der Waals surface area contributed by atoms with Crippen LogP contribution in [0.1, 0.15) is 0 Å². The van der Waals surface area contributed by atoms with E-state index in [0.29, 0.717) is 0 Å². The first-order valence-electron chi connectivity index (χ1n) is 16.1. The maximum Gasteiger partial charge on any atom is 0.172 e. The van der Waals surface area contributed by atoms with Gasteiger partial charge in [0.15, 0.2) is 7.14 Å². The molecule has 8 aromatic rings. The summed E-state index contributed by atoms with van der Waals surface area (Å²) in [4.78, 5) is 4.58. The summed E-state index contributed by atoms with van der Waals surface area (Å²) in [6, 6.07) is 63.3. The molecule has 1 aliphatic heterocycles. The van der Waals surface area contributed by atoms with E-state index in [9.17, 15) is 0 Å². The van der Waals surface area contributed by atoms with Gasteiger partial charge in [-0.15, -0.1) is 0 Å². The summed E-state index contributed by atoms with van der Waals surface area (Å²) in [7, 11) is -3.36. The van der Waals surface area contributed by atoms with Crippen LogP contribution in [0.2, 0.25) is 0 Å². The van der Waals surface area contributed by atoms with Crippen molar-refractivity contribution in [1.82, 2.24) is 0 Å². The molecule has 0 N–H and O–H groups in total. The van der Waals surface area contributed by atoms with Gasteiger partial charge in [0.2, 0.25) is 0 Å². The fourth-order valence-electron chi connectivity index (χ4n) is 7.03. The molecule has 1 aliphatic rings. The molecule has 0 fully saturated rings. The molecule has 0 saturated heterocycles. The van der Waals surface area contributed by atoms with Crippen molar-refractivity contribution in [3.63, 3.8) is 0 Å². The number of rotatable bonds is 5. The summed E-state index contributed by atoms with van der Waals surface area (Å²) in [5, 5.41) is 6.78. The zero-order chi connectivity index (χ0) is 32.1. The molecule has 48 heavy (non-hydrogen) atoms. The van der Waals surface area contributed by atoms with Crippen molar-refractivity contribution >= 4 is 73.4 Å². The summed E-state index contributed by atoms with van der Waals surface area (Å²) < 4.78 is 16.3. The van der Waals surface area contributed by atoms with Crippen LogP contribution in [-0.4, -0.2) is 0 Å². The Morgan fingerprint density at radius 2 is 0.979 bits per heavy atom. The van der Waals surface area contributed by atoms with Crippen LogP contribution in [0.5, 0.6) is 0 Å². The lowest BCUT2D eigenvalue weighted by Gasteiger charge is -2.34. The Balaban J connectivity index is 1.25. The van der Waals surface area contributed by atoms with Gasteiger partial charge < -0.3 is 9.46 Å². The van der Waals surface area contributed by atoms with Gasteiger partial charge in [-0.2, -0.15) is 0 Å². The highest BCUT2D eigenvalue weighted by Crippen LogP contribution is 2.53. The topological polar surface area (TPSA) is 20.3 Å². The Morgan fingerprint density at radius 3 is 1.67 bits per heavy atom. The Morgan fingerprint density at radius 1 is 0.438 bits per heavy atom. The van der Waals surface area contributed by atoms with Crippen LogP contribution in [0.15, 0.2) is 192 Å². The van der Waals surface area contributed by atoms with Gasteiger partial charge in [0, 0.05) is 31.4 Å². The van der Waals surface area contributed by atoms with Gasteiger partial charge in [-0.3, -0.25) is 0 Å². The zero-order valence-electron chi connectivity index (χ0n) is 26.0. The first-order chi connectivity index (χ1) is 23.7. The number of fused-ring (bicyclic) bond motifs is 4. The van der Waals surface area contributed by atoms with Crippen LogP contribution in [0.4, 0.5) is 17.1 Å². The van der Waals surface area contributed by atoms with Crippen molar-refractivity contribution < 1.29 is 4.57 Å². The molecule has 4 heteroatoms. The SMILES string of the molecule is O=P(c1ccc2c(c1)Sc1ccccc1N2c1ccc(-c2ccccc2)cc1)(c1cccc2ccccc12)c1cccc2ccccc12. The number of hydrogen-bond acceptors (Lipinski definition) is 3. The Hall–Kier alpha value is -5.34. The van der Waals surface area contributed by atoms with Crippen molar-refractivity contribution in [2.75, 3.05) is 4.90 Å². The molecule has 0 atom stereocenters. The highest BCUT2D eigenvalue weighted by Gasteiger charge is 2.35. The average Bonchev–Trinajstić information content (AvgIpc) is 3.16. The third kappa shape index (κ3) is 4.70. The standard InChI is InChI=1S/C44H30NOPS/c46-47(41-21-10-16-33-14-4-6-18-37(33)41,42-22-11-17-34-15-5-7-19-38(34)42)36-28-29-40-44(30-36)48-43-23-9-8-20-39(43)45(40)35-26-24-32(25-27-35)31-12-2-1-3-13-31/h1-30H. The van der Waals surface area contributed by atoms with Gasteiger partial charge in [-0.1, -0.05) is 151 Å². The molecule has 0 aromatic heterocycles. The van der Waals surface area contributed by atoms with E-state index in [1.807, 2.05) is 42.5 Å². The van der Waals surface area contributed by atoms with Crippen molar-refractivity contribution in [3.8, 4) is 11.1 Å². The monoisotopic (exact) mass is 651 g/mol. The van der Waals surface area contributed by atoms with E-state index in [0.717, 1.165) is 59.4 Å². The van der Waals surface area contributed by atoms with Gasteiger partial charge in [0.1, 0.15) is 0 Å². The van der Waals surface area contributed by atoms with Crippen molar-refractivity contribution in [1.29, 1.82) is 0 Å². The van der Waals surface area contributed by atoms with Crippen LogP contribution >= 0.6 is 18.9 Å². The molecule has 0 amide bonds. The lowest BCUT2D eigenvalue weighted by Crippen LogP contribution is -2.27. The highest BCUT2D eigenvalue weighted by atomic mass is 32.2. The van der Waals surface area contributed by atoms with Crippen molar-refractivity contribution in [2.24, 2.45) is 0 Å². The van der Waals surface area contributed by atoms with Crippen LogP contribution in [0, 0.1) is 0 Å². The molecule has 0 unspecified atom stereocenters. The summed E-state index contributed by atoms with van der Waals surface area (Å²) in [6.07, 6.45) is 0. The van der Waals surface area contributed by atoms with E-state index in [2.05, 4.69) is 144 Å². The molecule has 8 aromatic carbocycles. The molecule has 0 saturated carbocycles. The molecule has 2 nitrogen and oxygen atoms in total. The quantitative estimate of drug-likeness (QED) is 0.173. The Labute approximate surface area is 284 Å². The third-order valence-corrected chi connectivity index (χ3v) is 13.6. The minimum absolute atomic E-state index is 0.834. The maximum absolute atomic E-state index is 16.3. The minimum Gasteiger partial charge on any atom is -0.309 e. The van der Waals surface area contributed by atoms with Crippen LogP contribution in [0.3, 0.4) is 0 Å². The second-order valence-electron chi connectivity index (χ2n) is 12.1. The first-order valence-corrected chi connectivity index (χ1v) is 18.6. The number of para-hydroxylation sites is 1. The summed E-state index contributed by atoms with van der Waals surface area (Å²) in [5.41, 5.74) is 5.68. The van der Waals surface area contributed by atoms with Crippen molar-refractivity contribution in [2.45, 2.75) is 9.79 Å². The van der Waals surface area contributed by atoms with E-state index in [-0.39, 0.29) is 0 Å². The third-order valence-electron chi connectivity index (χ3n) is 9.32. The first kappa shape index (κ1) is 28.8. The molecule has 0 bridgehead atoms. The van der Waals surface area contributed by atoms with E-state index >= 15 is 4.57 Å². The number of nitrogens with zero attached hydrogens (tertiary/aromatic N) is 1. The van der Waals surface area contributed by atoms with Gasteiger partial charge in [-0.05, 0) is 75.1 Å². The van der Waals surface area contributed by atoms with Gasteiger partial charge >= 0.3 is 0 Å². The van der Waals surface area contributed by atoms with E-state index in [1.54, 1.807) is 11.8 Å². The molecule has 0 radical (unpaired) electrons. The average molecular weight is 652 g/mol. The van der Waals surface area contributed by atoms with E-state index in [1.165, 1.54) is 16.0 Å². The summed E-state index contributed by atoms with van der Waals surface area (Å²) in [6.45, 7) is 0. The summed E-state index contributed by atoms with van der Waals surface area (Å²) >= 11 is 1.75. The fourth-order valence-corrected chi connectivity index (χ4v) is 11.3. The maximum atomic E-state index is 16.3. The second-order valence-corrected chi connectivity index (χ2v) is 15.9. The predicted molar refractivity (Wildman–Crippen MR) is 205 cm³/mol. The van der Waals surface area contributed by atoms with Crippen molar-refractivity contribution in [3.05, 3.63) is 182 Å². The Kier molecular flexibility index (Phi) is 7.04. The van der Waals surface area contributed by atoms with Crippen LogP contribution in [0.25, 0.3) is 32.7 Å². The van der Waals surface area contributed by atoms with E-state index in [4.69, 9.17) is 0 Å². The number of hydrogen-bond donors (Lipinski definition) is 0. The molecule has 0 spiro atoms. The highest BCUT2D eigenvalue weighted by molar-refractivity contribution is 7.99. The molecule has 228 valence electrons. The minimum atomic E-state index is -3.36. The zero-order valence-corrected chi connectivity index (χ0v) is 27.7. The van der Waals surface area contributed by atoms with Gasteiger partial charge in [0.05, 0.1) is 11.4 Å². The smallest absolute Gasteiger partial charge is 0.172 e.